The summed E-state index contributed by atoms with van der Waals surface area (Å²) in [5.74, 6) is 1.88. The second-order valence-corrected chi connectivity index (χ2v) is 4.20. The van der Waals surface area contributed by atoms with Gasteiger partial charge in [0.25, 0.3) is 0 Å². The van der Waals surface area contributed by atoms with Crippen molar-refractivity contribution in [2.75, 3.05) is 6.54 Å². The summed E-state index contributed by atoms with van der Waals surface area (Å²) in [7, 11) is 0. The Balaban J connectivity index is 2.54. The third-order valence-corrected chi connectivity index (χ3v) is 3.93. The molecular formula is C11H23N. The van der Waals surface area contributed by atoms with Crippen LogP contribution in [0.5, 0.6) is 0 Å². The molecule has 1 nitrogen and oxygen atoms in total. The van der Waals surface area contributed by atoms with Crippen molar-refractivity contribution in [2.24, 2.45) is 23.0 Å². The van der Waals surface area contributed by atoms with E-state index in [0.29, 0.717) is 5.41 Å². The van der Waals surface area contributed by atoms with E-state index in [9.17, 15) is 0 Å². The summed E-state index contributed by atoms with van der Waals surface area (Å²) in [5, 5.41) is 0. The molecule has 1 heteroatoms. The lowest BCUT2D eigenvalue weighted by molar-refractivity contribution is 0.414. The summed E-state index contributed by atoms with van der Waals surface area (Å²) in [6.45, 7) is 7.79. The molecule has 0 aromatic carbocycles. The van der Waals surface area contributed by atoms with Gasteiger partial charge in [0.1, 0.15) is 0 Å². The summed E-state index contributed by atoms with van der Waals surface area (Å²) in [6, 6.07) is 0. The Morgan fingerprint density at radius 1 is 1.17 bits per heavy atom. The molecule has 0 spiro atoms. The van der Waals surface area contributed by atoms with Crippen LogP contribution in [-0.2, 0) is 0 Å². The van der Waals surface area contributed by atoms with Gasteiger partial charge in [-0.15, -0.1) is 0 Å². The summed E-state index contributed by atoms with van der Waals surface area (Å²) in [6.07, 6.45) is 5.33. The second-order valence-electron chi connectivity index (χ2n) is 4.20. The number of hydrogen-bond donors (Lipinski definition) is 1. The lowest BCUT2D eigenvalue weighted by Crippen LogP contribution is -2.18. The predicted molar refractivity (Wildman–Crippen MR) is 54.0 cm³/mol. The van der Waals surface area contributed by atoms with E-state index in [-0.39, 0.29) is 0 Å². The standard InChI is InChI=1S/C11H23N/c1-4-7-10-9(5-2)11(10,6-3)8-12/h9-10H,4-8,12H2,1-3H3. The Bertz CT molecular complexity index is 138. The van der Waals surface area contributed by atoms with Crippen molar-refractivity contribution >= 4 is 0 Å². The molecule has 0 radical (unpaired) electrons. The highest BCUT2D eigenvalue weighted by molar-refractivity contribution is 5.09. The first-order chi connectivity index (χ1) is 5.76. The molecule has 12 heavy (non-hydrogen) atoms. The Hall–Kier alpha value is -0.0400. The highest BCUT2D eigenvalue weighted by Crippen LogP contribution is 2.63. The van der Waals surface area contributed by atoms with Gasteiger partial charge in [-0.3, -0.25) is 0 Å². The van der Waals surface area contributed by atoms with Gasteiger partial charge in [-0.25, -0.2) is 0 Å². The van der Waals surface area contributed by atoms with Crippen LogP contribution < -0.4 is 5.73 Å². The maximum atomic E-state index is 5.87. The number of nitrogens with two attached hydrogens (primary N) is 1. The van der Waals surface area contributed by atoms with Crippen molar-refractivity contribution in [1.82, 2.24) is 0 Å². The van der Waals surface area contributed by atoms with Crippen molar-refractivity contribution < 1.29 is 0 Å². The zero-order chi connectivity index (χ0) is 9.19. The molecule has 0 aromatic heterocycles. The van der Waals surface area contributed by atoms with E-state index in [1.165, 1.54) is 25.7 Å². The lowest BCUT2D eigenvalue weighted by Gasteiger charge is -2.11. The monoisotopic (exact) mass is 169 g/mol. The average Bonchev–Trinajstić information content (AvgIpc) is 2.73. The molecule has 3 unspecified atom stereocenters. The SMILES string of the molecule is CCCC1C(CC)C1(CC)CN. The maximum Gasteiger partial charge on any atom is -0.00151 e. The summed E-state index contributed by atoms with van der Waals surface area (Å²) in [4.78, 5) is 0. The van der Waals surface area contributed by atoms with Crippen LogP contribution in [0.4, 0.5) is 0 Å². The van der Waals surface area contributed by atoms with Crippen LogP contribution in [-0.4, -0.2) is 6.54 Å². The van der Waals surface area contributed by atoms with Crippen molar-refractivity contribution in [3.63, 3.8) is 0 Å². The fourth-order valence-corrected chi connectivity index (χ4v) is 3.13. The zero-order valence-corrected chi connectivity index (χ0v) is 8.77. The van der Waals surface area contributed by atoms with Crippen LogP contribution in [0, 0.1) is 17.3 Å². The molecule has 1 aliphatic rings. The molecule has 0 heterocycles. The quantitative estimate of drug-likeness (QED) is 0.673. The lowest BCUT2D eigenvalue weighted by atomic mass is 9.97. The molecule has 0 amide bonds. The van der Waals surface area contributed by atoms with Crippen LogP contribution >= 0.6 is 0 Å². The average molecular weight is 169 g/mol. The minimum atomic E-state index is 0.546. The third-order valence-electron chi connectivity index (χ3n) is 3.93. The predicted octanol–water partition coefficient (Wildman–Crippen LogP) is 2.80. The van der Waals surface area contributed by atoms with E-state index in [2.05, 4.69) is 20.8 Å². The molecule has 0 bridgehead atoms. The van der Waals surface area contributed by atoms with Gasteiger partial charge in [-0.05, 0) is 36.6 Å². The van der Waals surface area contributed by atoms with Crippen molar-refractivity contribution in [2.45, 2.75) is 46.5 Å². The fourth-order valence-electron chi connectivity index (χ4n) is 3.13. The second kappa shape index (κ2) is 3.78. The van der Waals surface area contributed by atoms with Crippen LogP contribution in [0.25, 0.3) is 0 Å². The molecule has 1 aliphatic carbocycles. The van der Waals surface area contributed by atoms with E-state index >= 15 is 0 Å². The Morgan fingerprint density at radius 3 is 2.08 bits per heavy atom. The van der Waals surface area contributed by atoms with Gasteiger partial charge in [0, 0.05) is 0 Å². The first-order valence-electron chi connectivity index (χ1n) is 5.46. The largest absolute Gasteiger partial charge is 0.330 e. The molecule has 72 valence electrons. The molecule has 0 aliphatic heterocycles. The minimum absolute atomic E-state index is 0.546. The third kappa shape index (κ3) is 1.28. The van der Waals surface area contributed by atoms with E-state index in [1.807, 2.05) is 0 Å². The van der Waals surface area contributed by atoms with Gasteiger partial charge in [0.2, 0.25) is 0 Å². The van der Waals surface area contributed by atoms with Gasteiger partial charge in [0.05, 0.1) is 0 Å². The first-order valence-corrected chi connectivity index (χ1v) is 5.46. The molecule has 0 saturated heterocycles. The Kier molecular flexibility index (Phi) is 3.16. The summed E-state index contributed by atoms with van der Waals surface area (Å²) in [5.41, 5.74) is 6.41. The first kappa shape index (κ1) is 10.0. The van der Waals surface area contributed by atoms with Crippen LogP contribution in [0.15, 0.2) is 0 Å². The van der Waals surface area contributed by atoms with Crippen molar-refractivity contribution in [1.29, 1.82) is 0 Å². The summed E-state index contributed by atoms with van der Waals surface area (Å²) < 4.78 is 0. The number of rotatable bonds is 5. The van der Waals surface area contributed by atoms with Crippen molar-refractivity contribution in [3.05, 3.63) is 0 Å². The molecule has 1 rings (SSSR count). The van der Waals surface area contributed by atoms with Gasteiger partial charge in [0.15, 0.2) is 0 Å². The highest BCUT2D eigenvalue weighted by atomic mass is 14.7. The fraction of sp³-hybridized carbons (Fsp3) is 1.00. The van der Waals surface area contributed by atoms with Gasteiger partial charge >= 0.3 is 0 Å². The molecule has 1 fully saturated rings. The maximum absolute atomic E-state index is 5.87. The van der Waals surface area contributed by atoms with Gasteiger partial charge in [-0.2, -0.15) is 0 Å². The van der Waals surface area contributed by atoms with E-state index in [4.69, 9.17) is 5.73 Å². The Morgan fingerprint density at radius 2 is 1.83 bits per heavy atom. The zero-order valence-electron chi connectivity index (χ0n) is 8.77. The molecular weight excluding hydrogens is 146 g/mol. The van der Waals surface area contributed by atoms with E-state index in [0.717, 1.165) is 18.4 Å². The smallest absolute Gasteiger partial charge is 0.00151 e. The minimum Gasteiger partial charge on any atom is -0.330 e. The van der Waals surface area contributed by atoms with Crippen LogP contribution in [0.1, 0.15) is 46.5 Å². The van der Waals surface area contributed by atoms with Crippen LogP contribution in [0.2, 0.25) is 0 Å². The van der Waals surface area contributed by atoms with Crippen LogP contribution in [0.3, 0.4) is 0 Å². The van der Waals surface area contributed by atoms with Gasteiger partial charge < -0.3 is 5.73 Å². The molecule has 1 saturated carbocycles. The highest BCUT2D eigenvalue weighted by Gasteiger charge is 2.59. The molecule has 0 aromatic rings. The van der Waals surface area contributed by atoms with E-state index < -0.39 is 0 Å². The molecule has 3 atom stereocenters. The van der Waals surface area contributed by atoms with Gasteiger partial charge in [-0.1, -0.05) is 33.6 Å². The topological polar surface area (TPSA) is 26.0 Å². The number of hydrogen-bond acceptors (Lipinski definition) is 1. The normalized spacial score (nSPS) is 40.0. The molecule has 2 N–H and O–H groups in total. The van der Waals surface area contributed by atoms with Crippen molar-refractivity contribution in [3.8, 4) is 0 Å². The van der Waals surface area contributed by atoms with E-state index in [1.54, 1.807) is 0 Å². The Labute approximate surface area is 76.7 Å². The summed E-state index contributed by atoms with van der Waals surface area (Å²) >= 11 is 0.